The van der Waals surface area contributed by atoms with Crippen LogP contribution in [0.1, 0.15) is 27.7 Å². The van der Waals surface area contributed by atoms with Gasteiger partial charge in [-0.1, -0.05) is 17.7 Å². The van der Waals surface area contributed by atoms with E-state index in [4.69, 9.17) is 9.15 Å². The van der Waals surface area contributed by atoms with Crippen molar-refractivity contribution in [2.75, 3.05) is 44.7 Å². The predicted octanol–water partition coefficient (Wildman–Crippen LogP) is 3.89. The van der Waals surface area contributed by atoms with Gasteiger partial charge in [-0.3, -0.25) is 9.69 Å². The highest BCUT2D eigenvalue weighted by molar-refractivity contribution is 5.94. The van der Waals surface area contributed by atoms with Crippen molar-refractivity contribution >= 4 is 11.6 Å². The van der Waals surface area contributed by atoms with E-state index in [0.29, 0.717) is 12.1 Å². The molecule has 3 aromatic rings. The topological polar surface area (TPSA) is 58.0 Å². The Labute approximate surface area is 183 Å². The van der Waals surface area contributed by atoms with Crippen LogP contribution in [0.5, 0.6) is 5.75 Å². The Bertz CT molecular complexity index is 960. The zero-order valence-corrected chi connectivity index (χ0v) is 18.1. The Hall–Kier alpha value is -3.25. The SMILES string of the molecule is COc1ccc(N2CCN([C@@H](CNC(=O)c3ccc(C)cc3)c3ccco3)CC2)cc1. The summed E-state index contributed by atoms with van der Waals surface area (Å²) in [7, 11) is 1.68. The lowest BCUT2D eigenvalue weighted by atomic mass is 10.1. The maximum atomic E-state index is 12.6. The maximum Gasteiger partial charge on any atom is 0.251 e. The molecule has 1 aromatic heterocycles. The second kappa shape index (κ2) is 9.71. The summed E-state index contributed by atoms with van der Waals surface area (Å²) < 4.78 is 11.0. The van der Waals surface area contributed by atoms with E-state index in [0.717, 1.165) is 43.3 Å². The molecule has 1 amide bonds. The fourth-order valence-electron chi connectivity index (χ4n) is 3.97. The quantitative estimate of drug-likeness (QED) is 0.630. The van der Waals surface area contributed by atoms with Crippen molar-refractivity contribution in [3.05, 3.63) is 83.8 Å². The number of ether oxygens (including phenoxy) is 1. The molecule has 1 aliphatic rings. The van der Waals surface area contributed by atoms with Crippen LogP contribution in [0, 0.1) is 6.92 Å². The van der Waals surface area contributed by atoms with Crippen molar-refractivity contribution in [2.24, 2.45) is 0 Å². The first-order valence-electron chi connectivity index (χ1n) is 10.7. The largest absolute Gasteiger partial charge is 0.497 e. The number of piperazine rings is 1. The van der Waals surface area contributed by atoms with Crippen LogP contribution in [0.2, 0.25) is 0 Å². The monoisotopic (exact) mass is 419 g/mol. The molecule has 1 fully saturated rings. The summed E-state index contributed by atoms with van der Waals surface area (Å²) in [6.07, 6.45) is 1.69. The van der Waals surface area contributed by atoms with E-state index in [1.807, 2.05) is 55.5 Å². The Morgan fingerprint density at radius 1 is 1.03 bits per heavy atom. The molecule has 1 aliphatic heterocycles. The minimum atomic E-state index is -0.0616. The zero-order chi connectivity index (χ0) is 21.6. The second-order valence-electron chi connectivity index (χ2n) is 7.83. The van der Waals surface area contributed by atoms with Gasteiger partial charge in [0.2, 0.25) is 0 Å². The second-order valence-corrected chi connectivity index (χ2v) is 7.83. The van der Waals surface area contributed by atoms with Crippen molar-refractivity contribution in [3.63, 3.8) is 0 Å². The number of nitrogens with zero attached hydrogens (tertiary/aromatic N) is 2. The van der Waals surface area contributed by atoms with Crippen LogP contribution in [-0.4, -0.2) is 50.6 Å². The average molecular weight is 420 g/mol. The van der Waals surface area contributed by atoms with Gasteiger partial charge in [-0.05, 0) is 55.5 Å². The van der Waals surface area contributed by atoms with Gasteiger partial charge in [0.1, 0.15) is 11.5 Å². The number of furan rings is 1. The molecule has 0 unspecified atom stereocenters. The molecule has 6 heteroatoms. The molecule has 2 heterocycles. The number of rotatable bonds is 7. The molecule has 1 atom stereocenters. The molecule has 31 heavy (non-hydrogen) atoms. The maximum absolute atomic E-state index is 12.6. The molecule has 0 radical (unpaired) electrons. The standard InChI is InChI=1S/C25H29N3O3/c1-19-5-7-20(8-6-19)25(29)26-18-23(24-4-3-17-31-24)28-15-13-27(14-16-28)21-9-11-22(30-2)12-10-21/h3-12,17,23H,13-16,18H2,1-2H3,(H,26,29)/t23-/m0/s1. The van der Waals surface area contributed by atoms with Gasteiger partial charge in [-0.2, -0.15) is 0 Å². The number of carbonyl (C=O) groups is 1. The third kappa shape index (κ3) is 5.09. The van der Waals surface area contributed by atoms with E-state index in [1.54, 1.807) is 13.4 Å². The lowest BCUT2D eigenvalue weighted by Gasteiger charge is -2.39. The summed E-state index contributed by atoms with van der Waals surface area (Å²) in [5.41, 5.74) is 3.01. The Kier molecular flexibility index (Phi) is 6.57. The highest BCUT2D eigenvalue weighted by Gasteiger charge is 2.27. The van der Waals surface area contributed by atoms with Gasteiger partial charge >= 0.3 is 0 Å². The van der Waals surface area contributed by atoms with E-state index in [9.17, 15) is 4.79 Å². The number of methoxy groups -OCH3 is 1. The predicted molar refractivity (Wildman–Crippen MR) is 122 cm³/mol. The summed E-state index contributed by atoms with van der Waals surface area (Å²) in [4.78, 5) is 17.4. The minimum absolute atomic E-state index is 0.00224. The fraction of sp³-hybridized carbons (Fsp3) is 0.320. The number of hydrogen-bond acceptors (Lipinski definition) is 5. The van der Waals surface area contributed by atoms with Gasteiger partial charge in [0.15, 0.2) is 0 Å². The fourth-order valence-corrected chi connectivity index (χ4v) is 3.97. The lowest BCUT2D eigenvalue weighted by Crippen LogP contribution is -2.49. The van der Waals surface area contributed by atoms with Gasteiger partial charge in [-0.15, -0.1) is 0 Å². The first kappa shape index (κ1) is 21.0. The molecule has 6 nitrogen and oxygen atoms in total. The van der Waals surface area contributed by atoms with E-state index < -0.39 is 0 Å². The Balaban J connectivity index is 1.39. The third-order valence-electron chi connectivity index (χ3n) is 5.83. The summed E-state index contributed by atoms with van der Waals surface area (Å²) >= 11 is 0. The summed E-state index contributed by atoms with van der Waals surface area (Å²) in [5.74, 6) is 1.68. The van der Waals surface area contributed by atoms with Gasteiger partial charge in [0.25, 0.3) is 5.91 Å². The number of anilines is 1. The first-order valence-corrected chi connectivity index (χ1v) is 10.7. The van der Waals surface area contributed by atoms with Crippen molar-refractivity contribution in [3.8, 4) is 5.75 Å². The third-order valence-corrected chi connectivity index (χ3v) is 5.83. The molecule has 1 saturated heterocycles. The van der Waals surface area contributed by atoms with Crippen LogP contribution in [0.3, 0.4) is 0 Å². The highest BCUT2D eigenvalue weighted by atomic mass is 16.5. The van der Waals surface area contributed by atoms with Gasteiger partial charge < -0.3 is 19.4 Å². The molecule has 1 N–H and O–H groups in total. The first-order chi connectivity index (χ1) is 15.1. The number of hydrogen-bond donors (Lipinski definition) is 1. The lowest BCUT2D eigenvalue weighted by molar-refractivity contribution is 0.0923. The molecule has 0 bridgehead atoms. The Morgan fingerprint density at radius 3 is 2.35 bits per heavy atom. The number of aryl methyl sites for hydroxylation is 1. The molecular formula is C25H29N3O3. The van der Waals surface area contributed by atoms with Crippen molar-refractivity contribution in [1.29, 1.82) is 0 Å². The average Bonchev–Trinajstić information content (AvgIpc) is 3.35. The normalized spacial score (nSPS) is 15.5. The number of carbonyl (C=O) groups excluding carboxylic acids is 1. The number of amides is 1. The minimum Gasteiger partial charge on any atom is -0.497 e. The van der Waals surface area contributed by atoms with Gasteiger partial charge in [0, 0.05) is 44.0 Å². The van der Waals surface area contributed by atoms with Crippen LogP contribution in [0.25, 0.3) is 0 Å². The van der Waals surface area contributed by atoms with E-state index >= 15 is 0 Å². The van der Waals surface area contributed by atoms with E-state index in [-0.39, 0.29) is 11.9 Å². The van der Waals surface area contributed by atoms with Crippen LogP contribution in [0.15, 0.2) is 71.3 Å². The molecule has 2 aromatic carbocycles. The van der Waals surface area contributed by atoms with Crippen molar-refractivity contribution in [2.45, 2.75) is 13.0 Å². The highest BCUT2D eigenvalue weighted by Crippen LogP contribution is 2.25. The molecule has 4 rings (SSSR count). The Morgan fingerprint density at radius 2 is 1.74 bits per heavy atom. The molecule has 0 spiro atoms. The molecule has 0 aliphatic carbocycles. The van der Waals surface area contributed by atoms with Gasteiger partial charge in [-0.25, -0.2) is 0 Å². The summed E-state index contributed by atoms with van der Waals surface area (Å²) in [6.45, 7) is 6.11. The van der Waals surface area contributed by atoms with Crippen LogP contribution >= 0.6 is 0 Å². The number of nitrogens with one attached hydrogen (secondary N) is 1. The van der Waals surface area contributed by atoms with Crippen molar-refractivity contribution < 1.29 is 13.9 Å². The number of benzene rings is 2. The van der Waals surface area contributed by atoms with E-state index in [1.165, 1.54) is 5.69 Å². The molecular weight excluding hydrogens is 390 g/mol. The van der Waals surface area contributed by atoms with Crippen molar-refractivity contribution in [1.82, 2.24) is 10.2 Å². The van der Waals surface area contributed by atoms with Crippen LogP contribution < -0.4 is 15.0 Å². The molecule has 0 saturated carbocycles. The molecule has 162 valence electrons. The summed E-state index contributed by atoms with van der Waals surface area (Å²) in [5, 5.41) is 3.09. The van der Waals surface area contributed by atoms with Crippen LogP contribution in [0.4, 0.5) is 5.69 Å². The zero-order valence-electron chi connectivity index (χ0n) is 18.1. The van der Waals surface area contributed by atoms with Gasteiger partial charge in [0.05, 0.1) is 19.4 Å². The van der Waals surface area contributed by atoms with Crippen LogP contribution in [-0.2, 0) is 0 Å². The van der Waals surface area contributed by atoms with E-state index in [2.05, 4.69) is 27.2 Å². The summed E-state index contributed by atoms with van der Waals surface area (Å²) in [6, 6.07) is 19.7. The smallest absolute Gasteiger partial charge is 0.251 e.